The smallest absolute Gasteiger partial charge is 0.266 e. The minimum absolute atomic E-state index is 0.248. The first-order valence-corrected chi connectivity index (χ1v) is 12.5. The predicted octanol–water partition coefficient (Wildman–Crippen LogP) is 4.71. The first-order valence-electron chi connectivity index (χ1n) is 12.5. The molecule has 0 aliphatic carbocycles. The van der Waals surface area contributed by atoms with E-state index in [4.69, 9.17) is 0 Å². The third-order valence-electron chi connectivity index (χ3n) is 7.24. The highest BCUT2D eigenvalue weighted by atomic mass is 16.2. The van der Waals surface area contributed by atoms with E-state index in [2.05, 4.69) is 51.2 Å². The number of fused-ring (bicyclic) bond motifs is 2. The number of piperazine rings is 1. The highest BCUT2D eigenvalue weighted by molar-refractivity contribution is 6.34. The van der Waals surface area contributed by atoms with Crippen LogP contribution in [0.5, 0.6) is 0 Å². The van der Waals surface area contributed by atoms with Gasteiger partial charge in [0.05, 0.1) is 22.3 Å². The highest BCUT2D eigenvalue weighted by Gasteiger charge is 2.36. The van der Waals surface area contributed by atoms with Gasteiger partial charge in [-0.25, -0.2) is 4.90 Å². The number of aryl methyl sites for hydroxylation is 1. The molecular weight excluding hydrogens is 448 g/mol. The molecular formula is C30H28N4O2. The lowest BCUT2D eigenvalue weighted by Crippen LogP contribution is -2.47. The van der Waals surface area contributed by atoms with Gasteiger partial charge in [-0.3, -0.25) is 19.5 Å². The Kier molecular flexibility index (Phi) is 5.74. The maximum absolute atomic E-state index is 12.9. The van der Waals surface area contributed by atoms with Crippen molar-refractivity contribution in [3.8, 4) is 0 Å². The van der Waals surface area contributed by atoms with Crippen LogP contribution in [0.15, 0.2) is 78.9 Å². The molecule has 0 atom stereocenters. The van der Waals surface area contributed by atoms with Gasteiger partial charge in [-0.2, -0.15) is 0 Å². The number of hydrogen-bond donors (Lipinski definition) is 0. The lowest BCUT2D eigenvalue weighted by Gasteiger charge is -2.36. The molecule has 2 aliphatic rings. The van der Waals surface area contributed by atoms with Crippen molar-refractivity contribution in [1.82, 2.24) is 9.88 Å². The van der Waals surface area contributed by atoms with Gasteiger partial charge in [0.25, 0.3) is 11.8 Å². The van der Waals surface area contributed by atoms with Crippen molar-refractivity contribution in [2.75, 3.05) is 42.5 Å². The second-order valence-corrected chi connectivity index (χ2v) is 9.54. The fourth-order valence-electron chi connectivity index (χ4n) is 5.29. The van der Waals surface area contributed by atoms with Crippen LogP contribution in [-0.2, 0) is 6.42 Å². The van der Waals surface area contributed by atoms with Gasteiger partial charge in [0.15, 0.2) is 0 Å². The average molecular weight is 477 g/mol. The van der Waals surface area contributed by atoms with Crippen LogP contribution >= 0.6 is 0 Å². The summed E-state index contributed by atoms with van der Waals surface area (Å²) < 4.78 is 0. The minimum atomic E-state index is -0.248. The second kappa shape index (κ2) is 9.21. The summed E-state index contributed by atoms with van der Waals surface area (Å²) in [6.45, 7) is 6.90. The fraction of sp³-hybridized carbons (Fsp3) is 0.233. The Balaban J connectivity index is 1.10. The Morgan fingerprint density at radius 2 is 1.50 bits per heavy atom. The molecule has 6 rings (SSSR count). The van der Waals surface area contributed by atoms with Crippen molar-refractivity contribution >= 4 is 34.1 Å². The van der Waals surface area contributed by atoms with Crippen molar-refractivity contribution in [2.45, 2.75) is 13.3 Å². The molecule has 6 nitrogen and oxygen atoms in total. The van der Waals surface area contributed by atoms with Crippen LogP contribution < -0.4 is 9.80 Å². The molecule has 6 heteroatoms. The fourth-order valence-corrected chi connectivity index (χ4v) is 5.29. The highest BCUT2D eigenvalue weighted by Crippen LogP contribution is 2.29. The number of pyridine rings is 1. The molecule has 2 amide bonds. The molecule has 1 fully saturated rings. The maximum Gasteiger partial charge on any atom is 0.266 e. The number of rotatable bonds is 5. The molecule has 4 aromatic rings. The molecule has 0 saturated carbocycles. The number of benzene rings is 3. The minimum Gasteiger partial charge on any atom is -0.368 e. The van der Waals surface area contributed by atoms with Gasteiger partial charge in [0, 0.05) is 49.5 Å². The lowest BCUT2D eigenvalue weighted by molar-refractivity contribution is 0.0926. The Hall–Kier alpha value is -4.03. The summed E-state index contributed by atoms with van der Waals surface area (Å²) in [7, 11) is 0. The van der Waals surface area contributed by atoms with E-state index in [9.17, 15) is 9.59 Å². The Labute approximate surface area is 210 Å². The van der Waals surface area contributed by atoms with E-state index < -0.39 is 0 Å². The summed E-state index contributed by atoms with van der Waals surface area (Å²) in [6.07, 6.45) is 0.870. The van der Waals surface area contributed by atoms with Crippen molar-refractivity contribution in [1.29, 1.82) is 0 Å². The van der Waals surface area contributed by atoms with E-state index >= 15 is 0 Å². The Bertz CT molecular complexity index is 1440. The van der Waals surface area contributed by atoms with Gasteiger partial charge < -0.3 is 4.90 Å². The number of carbonyl (C=O) groups excluding carboxylic acids is 2. The van der Waals surface area contributed by atoms with Crippen LogP contribution in [0.3, 0.4) is 0 Å². The quantitative estimate of drug-likeness (QED) is 0.391. The monoisotopic (exact) mass is 476 g/mol. The van der Waals surface area contributed by atoms with Crippen LogP contribution in [0.2, 0.25) is 0 Å². The molecule has 180 valence electrons. The van der Waals surface area contributed by atoms with Crippen molar-refractivity contribution < 1.29 is 9.59 Å². The summed E-state index contributed by atoms with van der Waals surface area (Å²) >= 11 is 0. The first kappa shape index (κ1) is 22.4. The molecule has 36 heavy (non-hydrogen) atoms. The van der Waals surface area contributed by atoms with Crippen molar-refractivity contribution in [3.63, 3.8) is 0 Å². The van der Waals surface area contributed by atoms with Crippen LogP contribution in [0.25, 0.3) is 10.9 Å². The van der Waals surface area contributed by atoms with Gasteiger partial charge in [0.2, 0.25) is 0 Å². The zero-order valence-corrected chi connectivity index (χ0v) is 20.4. The zero-order chi connectivity index (χ0) is 24.6. The molecule has 1 saturated heterocycles. The number of hydrogen-bond acceptors (Lipinski definition) is 5. The van der Waals surface area contributed by atoms with Gasteiger partial charge in [0.1, 0.15) is 0 Å². The molecule has 0 radical (unpaired) electrons. The summed E-state index contributed by atoms with van der Waals surface area (Å²) in [5, 5.41) is 1.21. The third kappa shape index (κ3) is 4.03. The van der Waals surface area contributed by atoms with Gasteiger partial charge in [-0.1, -0.05) is 30.3 Å². The normalized spacial score (nSPS) is 16.1. The zero-order valence-electron chi connectivity index (χ0n) is 20.4. The molecule has 3 aromatic carbocycles. The SMILES string of the molecule is Cc1ccc2c(N3CCN(CCc4cccc(N5C(=O)c6ccccc6C5=O)c4)CC3)cccc2n1. The molecule has 0 N–H and O–H groups in total. The van der Waals surface area contributed by atoms with E-state index in [0.29, 0.717) is 16.8 Å². The Morgan fingerprint density at radius 1 is 0.778 bits per heavy atom. The molecule has 2 aliphatic heterocycles. The summed E-state index contributed by atoms with van der Waals surface area (Å²) in [5.41, 5.74) is 6.06. The van der Waals surface area contributed by atoms with Gasteiger partial charge >= 0.3 is 0 Å². The second-order valence-electron chi connectivity index (χ2n) is 9.54. The first-order chi connectivity index (χ1) is 17.6. The number of nitrogens with zero attached hydrogens (tertiary/aromatic N) is 4. The van der Waals surface area contributed by atoms with Crippen LogP contribution in [0, 0.1) is 6.92 Å². The summed E-state index contributed by atoms with van der Waals surface area (Å²) in [5.74, 6) is -0.495. The number of aromatic nitrogens is 1. The number of amides is 2. The summed E-state index contributed by atoms with van der Waals surface area (Å²) in [4.78, 5) is 36.6. The van der Waals surface area contributed by atoms with E-state index in [1.54, 1.807) is 24.3 Å². The van der Waals surface area contributed by atoms with Crippen LogP contribution in [0.1, 0.15) is 32.0 Å². The van der Waals surface area contributed by atoms with Crippen LogP contribution in [-0.4, -0.2) is 54.4 Å². The predicted molar refractivity (Wildman–Crippen MR) is 143 cm³/mol. The number of imide groups is 1. The van der Waals surface area contributed by atoms with E-state index in [1.807, 2.05) is 25.1 Å². The standard InChI is InChI=1S/C30H28N4O2/c1-21-12-13-26-27(31-21)10-5-11-28(26)33-18-16-32(17-19-33)15-14-22-6-4-7-23(20-22)34-29(35)24-8-2-3-9-25(24)30(34)36/h2-13,20H,14-19H2,1H3. The van der Waals surface area contributed by atoms with Gasteiger partial charge in [-0.15, -0.1) is 0 Å². The Morgan fingerprint density at radius 3 is 2.25 bits per heavy atom. The van der Waals surface area contributed by atoms with E-state index in [-0.39, 0.29) is 11.8 Å². The van der Waals surface area contributed by atoms with Crippen LogP contribution in [0.4, 0.5) is 11.4 Å². The molecule has 0 spiro atoms. The van der Waals surface area contributed by atoms with Crippen molar-refractivity contribution in [3.05, 3.63) is 101 Å². The molecule has 0 bridgehead atoms. The molecule has 0 unspecified atom stereocenters. The van der Waals surface area contributed by atoms with Crippen molar-refractivity contribution in [2.24, 2.45) is 0 Å². The maximum atomic E-state index is 12.9. The average Bonchev–Trinajstić information content (AvgIpc) is 3.17. The largest absolute Gasteiger partial charge is 0.368 e. The topological polar surface area (TPSA) is 56.8 Å². The number of carbonyl (C=O) groups is 2. The molecule has 1 aromatic heterocycles. The lowest BCUT2D eigenvalue weighted by atomic mass is 10.1. The molecule has 3 heterocycles. The van der Waals surface area contributed by atoms with E-state index in [0.717, 1.165) is 55.9 Å². The van der Waals surface area contributed by atoms with E-state index in [1.165, 1.54) is 16.0 Å². The third-order valence-corrected chi connectivity index (χ3v) is 7.24. The summed E-state index contributed by atoms with van der Waals surface area (Å²) in [6, 6.07) is 25.5. The van der Waals surface area contributed by atoms with Gasteiger partial charge in [-0.05, 0) is 67.4 Å². The number of anilines is 2.